The van der Waals surface area contributed by atoms with E-state index in [4.69, 9.17) is 9.97 Å². The molecule has 9 nitrogen and oxygen atoms in total. The second-order valence-electron chi connectivity index (χ2n) is 9.65. The number of rotatable bonds is 4. The van der Waals surface area contributed by atoms with Crippen LogP contribution < -0.4 is 11.0 Å². The summed E-state index contributed by atoms with van der Waals surface area (Å²) in [6.45, 7) is 10.7. The van der Waals surface area contributed by atoms with Crippen LogP contribution >= 0.6 is 0 Å². The molecule has 1 saturated heterocycles. The van der Waals surface area contributed by atoms with E-state index in [-0.39, 0.29) is 23.1 Å². The summed E-state index contributed by atoms with van der Waals surface area (Å²) in [4.78, 5) is 22.9. The van der Waals surface area contributed by atoms with Gasteiger partial charge in [-0.05, 0) is 24.7 Å². The molecule has 4 heterocycles. The van der Waals surface area contributed by atoms with E-state index in [0.717, 1.165) is 23.8 Å². The smallest absolute Gasteiger partial charge is 0.331 e. The summed E-state index contributed by atoms with van der Waals surface area (Å²) >= 11 is 0. The Hall–Kier alpha value is -1.94. The van der Waals surface area contributed by atoms with Crippen molar-refractivity contribution < 1.29 is 8.42 Å². The lowest BCUT2D eigenvalue weighted by molar-refractivity contribution is 0.316. The fraction of sp³-hybridized carbons (Fsp3) is 0.750. The van der Waals surface area contributed by atoms with E-state index in [1.54, 1.807) is 9.13 Å². The zero-order valence-electron chi connectivity index (χ0n) is 18.5. The number of nitrogens with zero attached hydrogens (tertiary/aromatic N) is 5. The van der Waals surface area contributed by atoms with Crippen molar-refractivity contribution in [1.82, 2.24) is 23.4 Å². The molecule has 4 rings (SSSR count). The summed E-state index contributed by atoms with van der Waals surface area (Å²) in [6, 6.07) is 0.143. The van der Waals surface area contributed by atoms with Crippen molar-refractivity contribution in [3.8, 4) is 11.5 Å². The molecule has 0 aromatic carbocycles. The van der Waals surface area contributed by atoms with E-state index in [1.807, 2.05) is 6.92 Å². The van der Waals surface area contributed by atoms with E-state index in [1.165, 1.54) is 10.6 Å². The molecule has 0 radical (unpaired) electrons. The maximum absolute atomic E-state index is 13.2. The normalized spacial score (nSPS) is 21.2. The van der Waals surface area contributed by atoms with E-state index in [2.05, 4.69) is 26.1 Å². The number of sulfonamides is 1. The maximum Gasteiger partial charge on any atom is 0.331 e. The minimum absolute atomic E-state index is 0.00168. The first-order chi connectivity index (χ1) is 14.0. The first-order valence-electron chi connectivity index (χ1n) is 10.7. The minimum Gasteiger partial charge on any atom is -0.364 e. The number of piperidine rings is 1. The molecule has 1 fully saturated rings. The Labute approximate surface area is 177 Å². The van der Waals surface area contributed by atoms with Crippen LogP contribution in [0.5, 0.6) is 0 Å². The quantitative estimate of drug-likeness (QED) is 0.786. The third kappa shape index (κ3) is 3.64. The zero-order valence-corrected chi connectivity index (χ0v) is 19.3. The van der Waals surface area contributed by atoms with E-state index < -0.39 is 10.0 Å². The van der Waals surface area contributed by atoms with Gasteiger partial charge < -0.3 is 5.32 Å². The van der Waals surface area contributed by atoms with Crippen molar-refractivity contribution in [3.05, 3.63) is 16.3 Å². The average molecular weight is 437 g/mol. The summed E-state index contributed by atoms with van der Waals surface area (Å²) in [5, 5.41) is 3.53. The highest BCUT2D eigenvalue weighted by molar-refractivity contribution is 7.88. The van der Waals surface area contributed by atoms with Crippen LogP contribution in [-0.2, 0) is 23.1 Å². The maximum atomic E-state index is 13.2. The molecule has 0 unspecified atom stereocenters. The van der Waals surface area contributed by atoms with Gasteiger partial charge in [0.05, 0.1) is 12.3 Å². The van der Waals surface area contributed by atoms with Gasteiger partial charge in [0.25, 0.3) is 0 Å². The Kier molecular flexibility index (Phi) is 5.21. The predicted molar refractivity (Wildman–Crippen MR) is 116 cm³/mol. The largest absolute Gasteiger partial charge is 0.364 e. The lowest BCUT2D eigenvalue weighted by Crippen LogP contribution is -2.37. The van der Waals surface area contributed by atoms with Crippen LogP contribution in [0.3, 0.4) is 0 Å². The van der Waals surface area contributed by atoms with Crippen molar-refractivity contribution >= 4 is 15.8 Å². The summed E-state index contributed by atoms with van der Waals surface area (Å²) in [5.41, 5.74) is 0.703. The SMILES string of the molecule is CCCn1c2nc(C3CCN(S(C)(=O)=O)CC3)nc-2c2n(c1=O)C[C@H](C(C)(C)C)N2. The predicted octanol–water partition coefficient (Wildman–Crippen LogP) is 1.93. The second kappa shape index (κ2) is 7.33. The molecular formula is C20H32N6O3S. The fourth-order valence-corrected chi connectivity index (χ4v) is 5.28. The number of aromatic nitrogens is 4. The third-order valence-electron chi connectivity index (χ3n) is 6.33. The number of fused-ring (bicyclic) bond motifs is 3. The Balaban J connectivity index is 1.73. The van der Waals surface area contributed by atoms with Gasteiger partial charge in [-0.25, -0.2) is 27.5 Å². The molecule has 0 aromatic heterocycles. The number of nitrogens with one attached hydrogen (secondary N) is 1. The van der Waals surface area contributed by atoms with Crippen LogP contribution in [0.15, 0.2) is 4.79 Å². The van der Waals surface area contributed by atoms with Gasteiger partial charge in [0, 0.05) is 32.1 Å². The monoisotopic (exact) mass is 436 g/mol. The van der Waals surface area contributed by atoms with Gasteiger partial charge in [-0.3, -0.25) is 9.13 Å². The fourth-order valence-electron chi connectivity index (χ4n) is 4.41. The number of anilines is 1. The summed E-state index contributed by atoms with van der Waals surface area (Å²) in [7, 11) is -3.17. The Morgan fingerprint density at radius 3 is 2.40 bits per heavy atom. The van der Waals surface area contributed by atoms with Crippen molar-refractivity contribution in [2.45, 2.75) is 72.0 Å². The lowest BCUT2D eigenvalue weighted by Gasteiger charge is -2.28. The molecule has 0 aromatic rings. The lowest BCUT2D eigenvalue weighted by atomic mass is 9.87. The van der Waals surface area contributed by atoms with Crippen LogP contribution in [0, 0.1) is 5.41 Å². The van der Waals surface area contributed by atoms with Gasteiger partial charge in [-0.15, -0.1) is 0 Å². The molecule has 0 spiro atoms. The van der Waals surface area contributed by atoms with Crippen LogP contribution in [-0.4, -0.2) is 57.2 Å². The minimum atomic E-state index is -3.17. The van der Waals surface area contributed by atoms with E-state index >= 15 is 0 Å². The first kappa shape index (κ1) is 21.3. The van der Waals surface area contributed by atoms with Gasteiger partial charge in [0.1, 0.15) is 17.3 Å². The molecule has 0 bridgehead atoms. The van der Waals surface area contributed by atoms with Crippen LogP contribution in [0.1, 0.15) is 58.7 Å². The van der Waals surface area contributed by atoms with E-state index in [0.29, 0.717) is 44.8 Å². The molecule has 10 heteroatoms. The summed E-state index contributed by atoms with van der Waals surface area (Å²) in [6.07, 6.45) is 3.46. The molecule has 0 aliphatic carbocycles. The van der Waals surface area contributed by atoms with Crippen LogP contribution in [0.2, 0.25) is 0 Å². The summed E-state index contributed by atoms with van der Waals surface area (Å²) in [5.74, 6) is 2.21. The highest BCUT2D eigenvalue weighted by Crippen LogP contribution is 2.37. The number of imidazole rings is 1. The molecule has 1 N–H and O–H groups in total. The molecule has 4 aliphatic heterocycles. The van der Waals surface area contributed by atoms with Crippen molar-refractivity contribution in [2.75, 3.05) is 24.7 Å². The van der Waals surface area contributed by atoms with E-state index in [9.17, 15) is 13.2 Å². The number of hydrogen-bond acceptors (Lipinski definition) is 6. The average Bonchev–Trinajstić information content (AvgIpc) is 3.29. The standard InChI is InChI=1S/C20H32N6O3S/c1-6-9-25-18-15(17-21-14(20(2,3)4)12-26(17)19(25)27)22-16(23-18)13-7-10-24(11-8-13)30(5,28)29/h13-14,21H,6-12H2,1-5H3/t14-/m1/s1. The molecule has 0 amide bonds. The third-order valence-corrected chi connectivity index (χ3v) is 7.63. The Morgan fingerprint density at radius 1 is 1.17 bits per heavy atom. The Bertz CT molecular complexity index is 1070. The highest BCUT2D eigenvalue weighted by Gasteiger charge is 2.37. The molecule has 166 valence electrons. The van der Waals surface area contributed by atoms with Crippen molar-refractivity contribution in [1.29, 1.82) is 0 Å². The van der Waals surface area contributed by atoms with Gasteiger partial charge >= 0.3 is 5.69 Å². The van der Waals surface area contributed by atoms with Crippen LogP contribution in [0.25, 0.3) is 11.5 Å². The number of hydrogen-bond donors (Lipinski definition) is 1. The van der Waals surface area contributed by atoms with Gasteiger partial charge in [0.15, 0.2) is 5.82 Å². The zero-order chi connectivity index (χ0) is 21.8. The summed E-state index contributed by atoms with van der Waals surface area (Å²) < 4.78 is 28.7. The second-order valence-corrected chi connectivity index (χ2v) is 11.6. The van der Waals surface area contributed by atoms with Crippen molar-refractivity contribution in [2.24, 2.45) is 5.41 Å². The molecule has 4 aliphatic rings. The molecular weight excluding hydrogens is 404 g/mol. The molecule has 30 heavy (non-hydrogen) atoms. The molecule has 0 saturated carbocycles. The molecule has 1 atom stereocenters. The van der Waals surface area contributed by atoms with Crippen molar-refractivity contribution in [3.63, 3.8) is 0 Å². The van der Waals surface area contributed by atoms with Gasteiger partial charge in [-0.1, -0.05) is 27.7 Å². The highest BCUT2D eigenvalue weighted by atomic mass is 32.2. The van der Waals surface area contributed by atoms with Crippen LogP contribution in [0.4, 0.5) is 5.82 Å². The first-order valence-corrected chi connectivity index (χ1v) is 12.6. The Morgan fingerprint density at radius 2 is 1.83 bits per heavy atom. The van der Waals surface area contributed by atoms with Gasteiger partial charge in [-0.2, -0.15) is 0 Å². The van der Waals surface area contributed by atoms with Gasteiger partial charge in [0.2, 0.25) is 10.0 Å². The topological polar surface area (TPSA) is 102 Å².